The van der Waals surface area contributed by atoms with E-state index >= 15 is 0 Å². The van der Waals surface area contributed by atoms with Gasteiger partial charge in [0.25, 0.3) is 0 Å². The average molecular weight is 248 g/mol. The number of anilines is 1. The van der Waals surface area contributed by atoms with Gasteiger partial charge in [-0.25, -0.2) is 0 Å². The standard InChI is InChI=1S/C15H24N2O/c1-4-13(11-16-12-9-10-12)17(2)14-7-5-6-8-15(14)18-3/h5-8,12-13,16H,4,9-11H2,1-3H3. The Balaban J connectivity index is 2.03. The first-order valence-electron chi connectivity index (χ1n) is 6.85. The molecule has 1 fully saturated rings. The van der Waals surface area contributed by atoms with Crippen LogP contribution in [0.5, 0.6) is 5.75 Å². The Hall–Kier alpha value is -1.22. The minimum atomic E-state index is 0.516. The van der Waals surface area contributed by atoms with Crippen molar-refractivity contribution < 1.29 is 4.74 Å². The molecule has 0 radical (unpaired) electrons. The van der Waals surface area contributed by atoms with Gasteiger partial charge in [0.2, 0.25) is 0 Å². The summed E-state index contributed by atoms with van der Waals surface area (Å²) >= 11 is 0. The normalized spacial score (nSPS) is 16.4. The monoisotopic (exact) mass is 248 g/mol. The van der Waals surface area contributed by atoms with E-state index in [0.717, 1.165) is 24.8 Å². The molecule has 3 nitrogen and oxygen atoms in total. The number of rotatable bonds is 7. The molecule has 1 aliphatic rings. The van der Waals surface area contributed by atoms with Gasteiger partial charge in [0.05, 0.1) is 12.8 Å². The number of para-hydroxylation sites is 2. The highest BCUT2D eigenvalue weighted by Crippen LogP contribution is 2.28. The van der Waals surface area contributed by atoms with Gasteiger partial charge in [-0.15, -0.1) is 0 Å². The molecule has 2 rings (SSSR count). The number of hydrogen-bond acceptors (Lipinski definition) is 3. The van der Waals surface area contributed by atoms with Gasteiger partial charge in [0, 0.05) is 25.7 Å². The fraction of sp³-hybridized carbons (Fsp3) is 0.600. The fourth-order valence-corrected chi connectivity index (χ4v) is 2.26. The van der Waals surface area contributed by atoms with Crippen LogP contribution in [0.1, 0.15) is 26.2 Å². The van der Waals surface area contributed by atoms with Gasteiger partial charge in [-0.05, 0) is 31.4 Å². The second-order valence-corrected chi connectivity index (χ2v) is 5.03. The third-order valence-corrected chi connectivity index (χ3v) is 3.70. The van der Waals surface area contributed by atoms with Crippen molar-refractivity contribution in [2.24, 2.45) is 0 Å². The molecular weight excluding hydrogens is 224 g/mol. The SMILES string of the molecule is CCC(CNC1CC1)N(C)c1ccccc1OC. The van der Waals surface area contributed by atoms with Crippen LogP contribution in [-0.4, -0.2) is 32.8 Å². The highest BCUT2D eigenvalue weighted by Gasteiger charge is 2.23. The molecule has 0 heterocycles. The summed E-state index contributed by atoms with van der Waals surface area (Å²) in [6.45, 7) is 3.29. The van der Waals surface area contributed by atoms with Crippen LogP contribution in [0.15, 0.2) is 24.3 Å². The van der Waals surface area contributed by atoms with Crippen molar-refractivity contribution in [3.8, 4) is 5.75 Å². The Bertz CT molecular complexity index is 377. The van der Waals surface area contributed by atoms with Crippen molar-refractivity contribution in [3.05, 3.63) is 24.3 Å². The predicted octanol–water partition coefficient (Wildman–Crippen LogP) is 2.66. The maximum Gasteiger partial charge on any atom is 0.142 e. The van der Waals surface area contributed by atoms with Gasteiger partial charge in [0.1, 0.15) is 5.75 Å². The fourth-order valence-electron chi connectivity index (χ4n) is 2.26. The van der Waals surface area contributed by atoms with Crippen LogP contribution in [0.3, 0.4) is 0 Å². The van der Waals surface area contributed by atoms with Crippen LogP contribution in [-0.2, 0) is 0 Å². The van der Waals surface area contributed by atoms with E-state index in [-0.39, 0.29) is 0 Å². The number of methoxy groups -OCH3 is 1. The van der Waals surface area contributed by atoms with E-state index in [1.807, 2.05) is 12.1 Å². The van der Waals surface area contributed by atoms with E-state index in [0.29, 0.717) is 6.04 Å². The number of benzene rings is 1. The van der Waals surface area contributed by atoms with E-state index in [4.69, 9.17) is 4.74 Å². The zero-order valence-electron chi connectivity index (χ0n) is 11.6. The molecule has 0 aliphatic heterocycles. The Kier molecular flexibility index (Phi) is 4.48. The molecule has 1 aliphatic carbocycles. The first-order chi connectivity index (χ1) is 8.76. The smallest absolute Gasteiger partial charge is 0.142 e. The van der Waals surface area contributed by atoms with Crippen LogP contribution >= 0.6 is 0 Å². The summed E-state index contributed by atoms with van der Waals surface area (Å²) in [6.07, 6.45) is 3.82. The van der Waals surface area contributed by atoms with Crippen LogP contribution in [0.25, 0.3) is 0 Å². The summed E-state index contributed by atoms with van der Waals surface area (Å²) in [4.78, 5) is 2.33. The first kappa shape index (κ1) is 13.2. The van der Waals surface area contributed by atoms with Crippen LogP contribution in [0.4, 0.5) is 5.69 Å². The molecule has 0 amide bonds. The molecule has 1 N–H and O–H groups in total. The summed E-state index contributed by atoms with van der Waals surface area (Å²) in [5.74, 6) is 0.949. The van der Waals surface area contributed by atoms with Crippen molar-refractivity contribution in [3.63, 3.8) is 0 Å². The maximum absolute atomic E-state index is 5.44. The van der Waals surface area contributed by atoms with Crippen LogP contribution in [0.2, 0.25) is 0 Å². The summed E-state index contributed by atoms with van der Waals surface area (Å²) in [7, 11) is 3.89. The Morgan fingerprint density at radius 2 is 2.11 bits per heavy atom. The molecule has 0 saturated heterocycles. The van der Waals surface area contributed by atoms with Crippen molar-refractivity contribution in [2.75, 3.05) is 25.6 Å². The Labute approximate surface area is 110 Å². The number of likely N-dealkylation sites (N-methyl/N-ethyl adjacent to an activating group) is 1. The summed E-state index contributed by atoms with van der Waals surface area (Å²) in [6, 6.07) is 9.51. The average Bonchev–Trinajstić information content (AvgIpc) is 3.23. The largest absolute Gasteiger partial charge is 0.495 e. The summed E-state index contributed by atoms with van der Waals surface area (Å²) in [5, 5.41) is 3.61. The summed E-state index contributed by atoms with van der Waals surface area (Å²) in [5.41, 5.74) is 1.17. The van der Waals surface area contributed by atoms with E-state index < -0.39 is 0 Å². The second-order valence-electron chi connectivity index (χ2n) is 5.03. The van der Waals surface area contributed by atoms with Gasteiger partial charge >= 0.3 is 0 Å². The molecule has 100 valence electrons. The number of nitrogens with zero attached hydrogens (tertiary/aromatic N) is 1. The Morgan fingerprint density at radius 3 is 2.72 bits per heavy atom. The number of nitrogens with one attached hydrogen (secondary N) is 1. The van der Waals surface area contributed by atoms with Crippen molar-refractivity contribution in [1.29, 1.82) is 0 Å². The lowest BCUT2D eigenvalue weighted by Gasteiger charge is -2.30. The predicted molar refractivity (Wildman–Crippen MR) is 76.5 cm³/mol. The molecule has 0 aromatic heterocycles. The molecule has 3 heteroatoms. The highest BCUT2D eigenvalue weighted by atomic mass is 16.5. The summed E-state index contributed by atoms with van der Waals surface area (Å²) < 4.78 is 5.44. The lowest BCUT2D eigenvalue weighted by molar-refractivity contribution is 0.412. The minimum Gasteiger partial charge on any atom is -0.495 e. The lowest BCUT2D eigenvalue weighted by atomic mass is 10.1. The zero-order valence-corrected chi connectivity index (χ0v) is 11.6. The first-order valence-corrected chi connectivity index (χ1v) is 6.85. The zero-order chi connectivity index (χ0) is 13.0. The van der Waals surface area contributed by atoms with Gasteiger partial charge in [-0.2, -0.15) is 0 Å². The van der Waals surface area contributed by atoms with Gasteiger partial charge < -0.3 is 15.0 Å². The molecule has 1 atom stereocenters. The molecule has 1 aromatic rings. The van der Waals surface area contributed by atoms with Gasteiger partial charge in [0.15, 0.2) is 0 Å². The minimum absolute atomic E-state index is 0.516. The number of hydrogen-bond donors (Lipinski definition) is 1. The number of ether oxygens (including phenoxy) is 1. The van der Waals surface area contributed by atoms with Crippen molar-refractivity contribution in [1.82, 2.24) is 5.32 Å². The lowest BCUT2D eigenvalue weighted by Crippen LogP contribution is -2.40. The Morgan fingerprint density at radius 1 is 1.39 bits per heavy atom. The van der Waals surface area contributed by atoms with E-state index in [1.165, 1.54) is 18.5 Å². The van der Waals surface area contributed by atoms with Gasteiger partial charge in [-0.3, -0.25) is 0 Å². The second kappa shape index (κ2) is 6.10. The van der Waals surface area contributed by atoms with E-state index in [2.05, 4.69) is 36.3 Å². The molecule has 1 aromatic carbocycles. The molecule has 0 bridgehead atoms. The van der Waals surface area contributed by atoms with E-state index in [9.17, 15) is 0 Å². The van der Waals surface area contributed by atoms with Crippen LogP contribution < -0.4 is 15.0 Å². The molecule has 0 spiro atoms. The third-order valence-electron chi connectivity index (χ3n) is 3.70. The van der Waals surface area contributed by atoms with E-state index in [1.54, 1.807) is 7.11 Å². The van der Waals surface area contributed by atoms with Crippen LogP contribution in [0, 0.1) is 0 Å². The van der Waals surface area contributed by atoms with Crippen molar-refractivity contribution >= 4 is 5.69 Å². The highest BCUT2D eigenvalue weighted by molar-refractivity contribution is 5.58. The molecule has 1 unspecified atom stereocenters. The quantitative estimate of drug-likeness (QED) is 0.803. The molecule has 1 saturated carbocycles. The topological polar surface area (TPSA) is 24.5 Å². The maximum atomic E-state index is 5.44. The van der Waals surface area contributed by atoms with Gasteiger partial charge in [-0.1, -0.05) is 19.1 Å². The molecule has 18 heavy (non-hydrogen) atoms. The molecular formula is C15H24N2O. The van der Waals surface area contributed by atoms with Crippen molar-refractivity contribution in [2.45, 2.75) is 38.3 Å². The third kappa shape index (κ3) is 3.16.